The van der Waals surface area contributed by atoms with Crippen molar-refractivity contribution in [3.63, 3.8) is 0 Å². The van der Waals surface area contributed by atoms with E-state index in [0.29, 0.717) is 12.0 Å². The molecule has 0 bridgehead atoms. The van der Waals surface area contributed by atoms with Crippen LogP contribution in [-0.4, -0.2) is 12.7 Å². The molecule has 0 N–H and O–H groups in total. The van der Waals surface area contributed by atoms with Crippen LogP contribution < -0.4 is 0 Å². The summed E-state index contributed by atoms with van der Waals surface area (Å²) < 4.78 is 5.92. The van der Waals surface area contributed by atoms with Crippen LogP contribution in [0.1, 0.15) is 39.0 Å². The average molecular weight is 229 g/mol. The molecule has 2 heteroatoms. The molecule has 2 nitrogen and oxygen atoms in total. The zero-order valence-corrected chi connectivity index (χ0v) is 10.4. The molecule has 0 aromatic heterocycles. The lowest BCUT2D eigenvalue weighted by Crippen LogP contribution is -2.45. The third-order valence-electron chi connectivity index (χ3n) is 4.62. The van der Waals surface area contributed by atoms with Crippen LogP contribution in [0.15, 0.2) is 23.3 Å². The van der Waals surface area contributed by atoms with E-state index in [2.05, 4.69) is 25.1 Å². The molecule has 0 aromatic carbocycles. The van der Waals surface area contributed by atoms with Crippen molar-refractivity contribution < 1.29 is 4.74 Å². The Bertz CT molecular complexity index is 427. The summed E-state index contributed by atoms with van der Waals surface area (Å²) in [5, 5.41) is 9.68. The maximum Gasteiger partial charge on any atom is 0.0700 e. The van der Waals surface area contributed by atoms with Crippen LogP contribution in [-0.2, 0) is 4.74 Å². The highest BCUT2D eigenvalue weighted by Gasteiger charge is 2.49. The molecular formula is C15H19NO. The van der Waals surface area contributed by atoms with Crippen molar-refractivity contribution in [2.75, 3.05) is 6.61 Å². The fourth-order valence-electron chi connectivity index (χ4n) is 3.81. The average Bonchev–Trinajstić information content (AvgIpc) is 2.50. The summed E-state index contributed by atoms with van der Waals surface area (Å²) in [5.41, 5.74) is 2.60. The van der Waals surface area contributed by atoms with Crippen molar-refractivity contribution >= 4 is 0 Å². The number of hydrogen-bond donors (Lipinski definition) is 0. The SMILES string of the molecule is CC1=CC[C@@]2(C#N)CCC[C@H]3OCCC(=C1)[C@H]32. The van der Waals surface area contributed by atoms with E-state index in [1.165, 1.54) is 11.1 Å². The van der Waals surface area contributed by atoms with Crippen molar-refractivity contribution in [2.24, 2.45) is 11.3 Å². The third kappa shape index (κ3) is 1.65. The predicted molar refractivity (Wildman–Crippen MR) is 66.2 cm³/mol. The summed E-state index contributed by atoms with van der Waals surface area (Å²) in [7, 11) is 0. The lowest BCUT2D eigenvalue weighted by Gasteiger charge is -2.46. The summed E-state index contributed by atoms with van der Waals surface area (Å²) in [6, 6.07) is 2.64. The van der Waals surface area contributed by atoms with E-state index in [0.717, 1.165) is 38.7 Å². The minimum atomic E-state index is -0.188. The molecule has 3 atom stereocenters. The molecule has 1 saturated carbocycles. The van der Waals surface area contributed by atoms with Gasteiger partial charge in [-0.05, 0) is 39.0 Å². The largest absolute Gasteiger partial charge is 0.377 e. The normalized spacial score (nSPS) is 40.5. The molecule has 0 unspecified atom stereocenters. The molecule has 0 radical (unpaired) electrons. The summed E-state index contributed by atoms with van der Waals surface area (Å²) >= 11 is 0. The highest BCUT2D eigenvalue weighted by Crippen LogP contribution is 2.52. The van der Waals surface area contributed by atoms with Crippen LogP contribution in [0.25, 0.3) is 0 Å². The monoisotopic (exact) mass is 229 g/mol. The van der Waals surface area contributed by atoms with E-state index >= 15 is 0 Å². The van der Waals surface area contributed by atoms with Crippen LogP contribution in [0, 0.1) is 22.7 Å². The van der Waals surface area contributed by atoms with Crippen LogP contribution in [0.3, 0.4) is 0 Å². The van der Waals surface area contributed by atoms with E-state index in [4.69, 9.17) is 4.74 Å². The quantitative estimate of drug-likeness (QED) is 0.638. The molecule has 3 rings (SSSR count). The fraction of sp³-hybridized carbons (Fsp3) is 0.667. The third-order valence-corrected chi connectivity index (χ3v) is 4.62. The first-order valence-corrected chi connectivity index (χ1v) is 6.65. The van der Waals surface area contributed by atoms with E-state index in [1.807, 2.05) is 0 Å². The van der Waals surface area contributed by atoms with Gasteiger partial charge >= 0.3 is 0 Å². The Hall–Kier alpha value is -1.07. The molecule has 0 aromatic rings. The van der Waals surface area contributed by atoms with Crippen molar-refractivity contribution in [1.29, 1.82) is 5.26 Å². The number of allylic oxidation sites excluding steroid dienone is 3. The Balaban J connectivity index is 2.08. The number of nitriles is 1. The van der Waals surface area contributed by atoms with Crippen LogP contribution in [0.2, 0.25) is 0 Å². The summed E-state index contributed by atoms with van der Waals surface area (Å²) in [6.07, 6.45) is 10.1. The summed E-state index contributed by atoms with van der Waals surface area (Å²) in [6.45, 7) is 2.99. The van der Waals surface area contributed by atoms with Gasteiger partial charge in [0.25, 0.3) is 0 Å². The van der Waals surface area contributed by atoms with Crippen LogP contribution in [0.5, 0.6) is 0 Å². The Morgan fingerprint density at radius 2 is 2.41 bits per heavy atom. The molecule has 0 amide bonds. The minimum Gasteiger partial charge on any atom is -0.377 e. The number of rotatable bonds is 0. The van der Waals surface area contributed by atoms with Gasteiger partial charge in [0, 0.05) is 5.92 Å². The zero-order valence-electron chi connectivity index (χ0n) is 10.4. The van der Waals surface area contributed by atoms with E-state index in [-0.39, 0.29) is 5.41 Å². The highest BCUT2D eigenvalue weighted by molar-refractivity contribution is 5.33. The molecule has 1 heterocycles. The maximum absolute atomic E-state index is 9.68. The fourth-order valence-corrected chi connectivity index (χ4v) is 3.81. The second-order valence-corrected chi connectivity index (χ2v) is 5.67. The maximum atomic E-state index is 9.68. The molecular weight excluding hydrogens is 210 g/mol. The van der Waals surface area contributed by atoms with E-state index in [9.17, 15) is 5.26 Å². The minimum absolute atomic E-state index is 0.188. The smallest absolute Gasteiger partial charge is 0.0700 e. The van der Waals surface area contributed by atoms with Gasteiger partial charge in [0.05, 0.1) is 24.2 Å². The second kappa shape index (κ2) is 3.99. The lowest BCUT2D eigenvalue weighted by molar-refractivity contribution is -0.0596. The second-order valence-electron chi connectivity index (χ2n) is 5.67. The number of nitrogens with zero attached hydrogens (tertiary/aromatic N) is 1. The first kappa shape index (κ1) is 11.0. The molecule has 1 aliphatic heterocycles. The van der Waals surface area contributed by atoms with E-state index in [1.54, 1.807) is 0 Å². The van der Waals surface area contributed by atoms with Gasteiger partial charge in [-0.15, -0.1) is 0 Å². The highest BCUT2D eigenvalue weighted by atomic mass is 16.5. The van der Waals surface area contributed by atoms with Crippen molar-refractivity contribution in [2.45, 2.75) is 45.1 Å². The first-order valence-electron chi connectivity index (χ1n) is 6.65. The number of ether oxygens (including phenoxy) is 1. The van der Waals surface area contributed by atoms with Crippen molar-refractivity contribution in [3.05, 3.63) is 23.3 Å². The van der Waals surface area contributed by atoms with Crippen molar-refractivity contribution in [1.82, 2.24) is 0 Å². The molecule has 0 spiro atoms. The summed E-state index contributed by atoms with van der Waals surface area (Å²) in [4.78, 5) is 0. The van der Waals surface area contributed by atoms with Gasteiger partial charge in [0.1, 0.15) is 0 Å². The Kier molecular flexibility index (Phi) is 2.60. The van der Waals surface area contributed by atoms with Gasteiger partial charge in [0.15, 0.2) is 0 Å². The Labute approximate surface area is 103 Å². The molecule has 2 fully saturated rings. The van der Waals surface area contributed by atoms with Gasteiger partial charge in [0.2, 0.25) is 0 Å². The first-order chi connectivity index (χ1) is 8.25. The van der Waals surface area contributed by atoms with Crippen LogP contribution >= 0.6 is 0 Å². The molecule has 17 heavy (non-hydrogen) atoms. The van der Waals surface area contributed by atoms with E-state index < -0.39 is 0 Å². The molecule has 2 aliphatic carbocycles. The topological polar surface area (TPSA) is 33.0 Å². The number of hydrogen-bond acceptors (Lipinski definition) is 2. The molecule has 1 saturated heterocycles. The van der Waals surface area contributed by atoms with Gasteiger partial charge in [-0.3, -0.25) is 0 Å². The Morgan fingerprint density at radius 1 is 1.53 bits per heavy atom. The lowest BCUT2D eigenvalue weighted by atomic mass is 9.61. The van der Waals surface area contributed by atoms with Crippen LogP contribution in [0.4, 0.5) is 0 Å². The van der Waals surface area contributed by atoms with Gasteiger partial charge in [-0.2, -0.15) is 5.26 Å². The zero-order chi connectivity index (χ0) is 11.9. The predicted octanol–water partition coefficient (Wildman–Crippen LogP) is 3.36. The molecule has 3 aliphatic rings. The van der Waals surface area contributed by atoms with Crippen molar-refractivity contribution in [3.8, 4) is 6.07 Å². The van der Waals surface area contributed by atoms with Gasteiger partial charge in [-0.25, -0.2) is 0 Å². The standard InChI is InChI=1S/C15H19NO/c1-11-4-7-15(10-16)6-2-3-13-14(15)12(9-11)5-8-17-13/h4,9,13-14H,2-3,5-8H2,1H3/t13-,14-,15-/m1/s1. The Morgan fingerprint density at radius 3 is 3.24 bits per heavy atom. The van der Waals surface area contributed by atoms with Gasteiger partial charge < -0.3 is 4.74 Å². The summed E-state index contributed by atoms with van der Waals surface area (Å²) in [5.74, 6) is 0.351. The molecule has 90 valence electrons. The van der Waals surface area contributed by atoms with Gasteiger partial charge in [-0.1, -0.05) is 23.3 Å².